The number of nitrogens with zero attached hydrogens (tertiary/aromatic N) is 1. The van der Waals surface area contributed by atoms with E-state index in [0.29, 0.717) is 11.4 Å². The maximum atomic E-state index is 13.7. The van der Waals surface area contributed by atoms with Crippen molar-refractivity contribution in [3.05, 3.63) is 24.0 Å². The predicted octanol–water partition coefficient (Wildman–Crippen LogP) is 3.18. The molecule has 0 spiro atoms. The fourth-order valence-electron chi connectivity index (χ4n) is 2.27. The van der Waals surface area contributed by atoms with Crippen molar-refractivity contribution in [1.29, 1.82) is 0 Å². The molecule has 1 aliphatic heterocycles. The predicted molar refractivity (Wildman–Crippen MR) is 66.1 cm³/mol. The second-order valence-corrected chi connectivity index (χ2v) is 4.47. The molecule has 3 heteroatoms. The molecule has 0 atom stereocenters. The van der Waals surface area contributed by atoms with E-state index in [1.54, 1.807) is 12.1 Å². The highest BCUT2D eigenvalue weighted by atomic mass is 19.1. The molecule has 0 bridgehead atoms. The highest BCUT2D eigenvalue weighted by Crippen LogP contribution is 2.24. The van der Waals surface area contributed by atoms with Gasteiger partial charge in [-0.05, 0) is 31.0 Å². The minimum Gasteiger partial charge on any atom is -0.399 e. The molecule has 0 amide bonds. The summed E-state index contributed by atoms with van der Waals surface area (Å²) in [5.41, 5.74) is 6.75. The van der Waals surface area contributed by atoms with Gasteiger partial charge in [-0.15, -0.1) is 0 Å². The van der Waals surface area contributed by atoms with Crippen LogP contribution in [0.25, 0.3) is 0 Å². The fourth-order valence-corrected chi connectivity index (χ4v) is 2.27. The number of nitrogen functional groups attached to an aromatic ring is 1. The van der Waals surface area contributed by atoms with Crippen LogP contribution in [0.3, 0.4) is 0 Å². The van der Waals surface area contributed by atoms with E-state index in [1.165, 1.54) is 25.3 Å². The number of hydrogen-bond donors (Lipinski definition) is 1. The van der Waals surface area contributed by atoms with Gasteiger partial charge in [0.2, 0.25) is 0 Å². The average Bonchev–Trinajstić information content (AvgIpc) is 2.19. The fraction of sp³-hybridized carbons (Fsp3) is 0.538. The number of anilines is 2. The summed E-state index contributed by atoms with van der Waals surface area (Å²) in [6.07, 6.45) is 6.14. The van der Waals surface area contributed by atoms with E-state index < -0.39 is 0 Å². The van der Waals surface area contributed by atoms with Gasteiger partial charge in [0.15, 0.2) is 0 Å². The van der Waals surface area contributed by atoms with Gasteiger partial charge in [-0.3, -0.25) is 0 Å². The van der Waals surface area contributed by atoms with Crippen LogP contribution in [0.5, 0.6) is 0 Å². The first-order valence-electron chi connectivity index (χ1n) is 6.07. The van der Waals surface area contributed by atoms with Crippen molar-refractivity contribution >= 4 is 11.4 Å². The van der Waals surface area contributed by atoms with Crippen molar-refractivity contribution in [3.63, 3.8) is 0 Å². The van der Waals surface area contributed by atoms with Crippen LogP contribution in [-0.2, 0) is 0 Å². The number of halogens is 1. The molecule has 0 aliphatic carbocycles. The van der Waals surface area contributed by atoms with Crippen LogP contribution >= 0.6 is 0 Å². The first-order valence-corrected chi connectivity index (χ1v) is 6.07. The van der Waals surface area contributed by atoms with E-state index >= 15 is 0 Å². The molecule has 1 aliphatic rings. The van der Waals surface area contributed by atoms with Crippen molar-refractivity contribution in [3.8, 4) is 0 Å². The zero-order valence-corrected chi connectivity index (χ0v) is 9.58. The molecular weight excluding hydrogens is 203 g/mol. The van der Waals surface area contributed by atoms with Gasteiger partial charge >= 0.3 is 0 Å². The van der Waals surface area contributed by atoms with E-state index in [4.69, 9.17) is 5.73 Å². The smallest absolute Gasteiger partial charge is 0.148 e. The summed E-state index contributed by atoms with van der Waals surface area (Å²) in [6, 6.07) is 4.98. The highest BCUT2D eigenvalue weighted by Gasteiger charge is 2.12. The van der Waals surface area contributed by atoms with E-state index in [2.05, 4.69) is 4.90 Å². The molecule has 1 aromatic rings. The van der Waals surface area contributed by atoms with E-state index in [-0.39, 0.29) is 5.82 Å². The zero-order valence-electron chi connectivity index (χ0n) is 9.58. The standard InChI is InChI=1S/C13H19FN2/c14-12-10-11(15)6-7-13(12)16-8-4-2-1-3-5-9-16/h6-7,10H,1-5,8-9,15H2. The van der Waals surface area contributed by atoms with Crippen LogP contribution in [0.2, 0.25) is 0 Å². The number of rotatable bonds is 1. The van der Waals surface area contributed by atoms with Crippen LogP contribution in [0, 0.1) is 5.82 Å². The minimum absolute atomic E-state index is 0.194. The van der Waals surface area contributed by atoms with Crippen molar-refractivity contribution in [2.75, 3.05) is 23.7 Å². The molecule has 1 fully saturated rings. The van der Waals surface area contributed by atoms with E-state index in [0.717, 1.165) is 25.9 Å². The minimum atomic E-state index is -0.194. The number of nitrogens with two attached hydrogens (primary N) is 1. The van der Waals surface area contributed by atoms with Crippen LogP contribution in [0.4, 0.5) is 15.8 Å². The van der Waals surface area contributed by atoms with Crippen molar-refractivity contribution in [1.82, 2.24) is 0 Å². The van der Waals surface area contributed by atoms with Crippen LogP contribution in [0.15, 0.2) is 18.2 Å². The summed E-state index contributed by atoms with van der Waals surface area (Å²) in [6.45, 7) is 1.92. The Morgan fingerprint density at radius 1 is 1.00 bits per heavy atom. The van der Waals surface area contributed by atoms with Gasteiger partial charge in [0, 0.05) is 18.8 Å². The lowest BCUT2D eigenvalue weighted by atomic mass is 10.1. The van der Waals surface area contributed by atoms with Gasteiger partial charge in [0.05, 0.1) is 5.69 Å². The Morgan fingerprint density at radius 2 is 1.62 bits per heavy atom. The lowest BCUT2D eigenvalue weighted by Gasteiger charge is -2.27. The second-order valence-electron chi connectivity index (χ2n) is 4.47. The third kappa shape index (κ3) is 2.65. The quantitative estimate of drug-likeness (QED) is 0.739. The van der Waals surface area contributed by atoms with Crippen molar-refractivity contribution in [2.45, 2.75) is 32.1 Å². The molecule has 0 radical (unpaired) electrons. The summed E-state index contributed by atoms with van der Waals surface area (Å²) >= 11 is 0. The summed E-state index contributed by atoms with van der Waals surface area (Å²) in [7, 11) is 0. The maximum absolute atomic E-state index is 13.7. The third-order valence-electron chi connectivity index (χ3n) is 3.17. The zero-order chi connectivity index (χ0) is 11.4. The lowest BCUT2D eigenvalue weighted by Crippen LogP contribution is -2.27. The molecule has 2 nitrogen and oxygen atoms in total. The summed E-state index contributed by atoms with van der Waals surface area (Å²) in [5, 5.41) is 0. The molecule has 1 heterocycles. The van der Waals surface area contributed by atoms with Crippen LogP contribution in [-0.4, -0.2) is 13.1 Å². The largest absolute Gasteiger partial charge is 0.399 e. The van der Waals surface area contributed by atoms with Gasteiger partial charge in [0.25, 0.3) is 0 Å². The number of benzene rings is 1. The van der Waals surface area contributed by atoms with Crippen LogP contribution < -0.4 is 10.6 Å². The van der Waals surface area contributed by atoms with Gasteiger partial charge in [-0.2, -0.15) is 0 Å². The third-order valence-corrected chi connectivity index (χ3v) is 3.17. The second kappa shape index (κ2) is 5.19. The van der Waals surface area contributed by atoms with Gasteiger partial charge in [-0.1, -0.05) is 19.3 Å². The molecule has 2 rings (SSSR count). The Labute approximate surface area is 96.2 Å². The molecule has 0 saturated carbocycles. The Kier molecular flexibility index (Phi) is 3.65. The number of hydrogen-bond acceptors (Lipinski definition) is 2. The average molecular weight is 222 g/mol. The van der Waals surface area contributed by atoms with E-state index in [9.17, 15) is 4.39 Å². The van der Waals surface area contributed by atoms with Gasteiger partial charge < -0.3 is 10.6 Å². The Bertz CT molecular complexity index is 344. The summed E-state index contributed by atoms with van der Waals surface area (Å²) in [4.78, 5) is 2.15. The SMILES string of the molecule is Nc1ccc(N2CCCCCCC2)c(F)c1. The van der Waals surface area contributed by atoms with Gasteiger partial charge in [0.1, 0.15) is 5.82 Å². The highest BCUT2D eigenvalue weighted by molar-refractivity contribution is 5.54. The first kappa shape index (κ1) is 11.2. The summed E-state index contributed by atoms with van der Waals surface area (Å²) in [5.74, 6) is -0.194. The molecule has 88 valence electrons. The molecule has 2 N–H and O–H groups in total. The molecule has 16 heavy (non-hydrogen) atoms. The Hall–Kier alpha value is -1.25. The molecule has 0 aromatic heterocycles. The van der Waals surface area contributed by atoms with Crippen molar-refractivity contribution < 1.29 is 4.39 Å². The monoisotopic (exact) mass is 222 g/mol. The Balaban J connectivity index is 2.14. The first-order chi connectivity index (χ1) is 7.77. The maximum Gasteiger partial charge on any atom is 0.148 e. The topological polar surface area (TPSA) is 29.3 Å². The molecule has 0 unspecified atom stereocenters. The van der Waals surface area contributed by atoms with Crippen LogP contribution in [0.1, 0.15) is 32.1 Å². The van der Waals surface area contributed by atoms with Crippen molar-refractivity contribution in [2.24, 2.45) is 0 Å². The van der Waals surface area contributed by atoms with Gasteiger partial charge in [-0.25, -0.2) is 4.39 Å². The van der Waals surface area contributed by atoms with E-state index in [1.807, 2.05) is 0 Å². The normalized spacial score (nSPS) is 17.9. The molecule has 1 aromatic carbocycles. The lowest BCUT2D eigenvalue weighted by molar-refractivity contribution is 0.545. The summed E-state index contributed by atoms with van der Waals surface area (Å²) < 4.78 is 13.7. The molecule has 1 saturated heterocycles. The Morgan fingerprint density at radius 3 is 2.25 bits per heavy atom. The molecular formula is C13H19FN2.